The third kappa shape index (κ3) is 5.96. The van der Waals surface area contributed by atoms with Gasteiger partial charge in [0.2, 0.25) is 0 Å². The van der Waals surface area contributed by atoms with E-state index < -0.39 is 0 Å². The Hall–Kier alpha value is -0.0400. The van der Waals surface area contributed by atoms with Gasteiger partial charge in [-0.1, -0.05) is 26.2 Å². The molecular weight excluding hydrogens is 100 g/mol. The lowest BCUT2D eigenvalue weighted by Crippen LogP contribution is -1.79. The van der Waals surface area contributed by atoms with Gasteiger partial charge in [0.15, 0.2) is 0 Å². The summed E-state index contributed by atoms with van der Waals surface area (Å²) >= 11 is 0. The highest BCUT2D eigenvalue weighted by Crippen LogP contribution is 2.00. The van der Waals surface area contributed by atoms with Crippen LogP contribution in [0.3, 0.4) is 0 Å². The van der Waals surface area contributed by atoms with Gasteiger partial charge in [-0.15, -0.1) is 0 Å². The molecule has 0 aliphatic carbocycles. The fraction of sp³-hybridized carbons (Fsp3) is 0.714. The minimum absolute atomic E-state index is 1.04. The smallest absolute Gasteiger partial charge is 0.0832 e. The number of rotatable bonds is 5. The number of hydrogen-bond acceptors (Lipinski definition) is 1. The van der Waals surface area contributed by atoms with Gasteiger partial charge >= 0.3 is 0 Å². The van der Waals surface area contributed by atoms with Gasteiger partial charge in [0, 0.05) is 7.11 Å². The maximum atomic E-state index is 4.74. The van der Waals surface area contributed by atoms with Gasteiger partial charge < -0.3 is 4.74 Å². The van der Waals surface area contributed by atoms with Crippen LogP contribution in [0.4, 0.5) is 0 Å². The van der Waals surface area contributed by atoms with Crippen molar-refractivity contribution < 1.29 is 4.74 Å². The second-order valence-electron chi connectivity index (χ2n) is 1.75. The summed E-state index contributed by atoms with van der Waals surface area (Å²) < 4.78 is 4.74. The summed E-state index contributed by atoms with van der Waals surface area (Å²) in [6.07, 6.45) is 4.51. The van der Waals surface area contributed by atoms with E-state index in [0.717, 1.165) is 12.8 Å². The Morgan fingerprint density at radius 1 is 1.50 bits per heavy atom. The molecule has 0 rings (SSSR count). The second kappa shape index (κ2) is 6.96. The molecule has 0 unspecified atom stereocenters. The average molecular weight is 114 g/mol. The average Bonchev–Trinajstić information content (AvgIpc) is 1.81. The molecule has 48 valence electrons. The Bertz CT molecular complexity index is 29.4. The monoisotopic (exact) mass is 114 g/mol. The van der Waals surface area contributed by atoms with Crippen LogP contribution in [0.2, 0.25) is 0 Å². The van der Waals surface area contributed by atoms with E-state index in [9.17, 15) is 0 Å². The Morgan fingerprint density at radius 3 is 2.75 bits per heavy atom. The van der Waals surface area contributed by atoms with Crippen molar-refractivity contribution in [3.63, 3.8) is 0 Å². The molecule has 0 spiro atoms. The SMILES string of the molecule is [CH2]CCCC[CH]OC. The molecule has 1 nitrogen and oxygen atoms in total. The van der Waals surface area contributed by atoms with Crippen molar-refractivity contribution in [2.24, 2.45) is 0 Å². The topological polar surface area (TPSA) is 9.23 Å². The first-order valence-electron chi connectivity index (χ1n) is 3.05. The summed E-state index contributed by atoms with van der Waals surface area (Å²) in [5.41, 5.74) is 0. The Balaban J connectivity index is 2.53. The summed E-state index contributed by atoms with van der Waals surface area (Å²) in [6.45, 7) is 5.56. The maximum Gasteiger partial charge on any atom is 0.0832 e. The third-order valence-electron chi connectivity index (χ3n) is 0.989. The van der Waals surface area contributed by atoms with Crippen molar-refractivity contribution in [2.45, 2.75) is 25.7 Å². The lowest BCUT2D eigenvalue weighted by Gasteiger charge is -1.94. The molecule has 0 aromatic heterocycles. The van der Waals surface area contributed by atoms with Crippen LogP contribution in [0.25, 0.3) is 0 Å². The molecule has 0 bridgehead atoms. The largest absolute Gasteiger partial charge is 0.379 e. The van der Waals surface area contributed by atoms with Gasteiger partial charge in [-0.3, -0.25) is 0 Å². The van der Waals surface area contributed by atoms with Gasteiger partial charge in [-0.05, 0) is 6.42 Å². The van der Waals surface area contributed by atoms with Gasteiger partial charge in [-0.2, -0.15) is 0 Å². The standard InChI is InChI=1S/C7H14O/c1-3-4-5-6-7-8-2/h7H,1,3-6H2,2H3. The van der Waals surface area contributed by atoms with Crippen molar-refractivity contribution in [1.29, 1.82) is 0 Å². The van der Waals surface area contributed by atoms with Gasteiger partial charge in [0.1, 0.15) is 0 Å². The van der Waals surface area contributed by atoms with E-state index in [1.165, 1.54) is 12.8 Å². The molecule has 0 saturated carbocycles. The van der Waals surface area contributed by atoms with Crippen molar-refractivity contribution in [2.75, 3.05) is 7.11 Å². The van der Waals surface area contributed by atoms with Crippen LogP contribution >= 0.6 is 0 Å². The van der Waals surface area contributed by atoms with Crippen LogP contribution in [0.15, 0.2) is 0 Å². The zero-order valence-electron chi connectivity index (χ0n) is 5.52. The summed E-state index contributed by atoms with van der Waals surface area (Å²) in [7, 11) is 1.68. The molecular formula is C7H14O. The van der Waals surface area contributed by atoms with Crippen molar-refractivity contribution in [3.05, 3.63) is 13.5 Å². The minimum atomic E-state index is 1.04. The van der Waals surface area contributed by atoms with Crippen molar-refractivity contribution >= 4 is 0 Å². The molecule has 0 aromatic rings. The summed E-state index contributed by atoms with van der Waals surface area (Å²) in [5, 5.41) is 0. The Labute approximate surface area is 52.0 Å². The molecule has 0 atom stereocenters. The Kier molecular flexibility index (Phi) is 6.93. The van der Waals surface area contributed by atoms with Gasteiger partial charge in [0.25, 0.3) is 0 Å². The van der Waals surface area contributed by atoms with Crippen LogP contribution in [0.1, 0.15) is 25.7 Å². The first-order chi connectivity index (χ1) is 3.91. The van der Waals surface area contributed by atoms with Crippen LogP contribution in [-0.2, 0) is 4.74 Å². The van der Waals surface area contributed by atoms with E-state index >= 15 is 0 Å². The highest BCUT2D eigenvalue weighted by molar-refractivity contribution is 4.50. The zero-order chi connectivity index (χ0) is 6.24. The van der Waals surface area contributed by atoms with E-state index in [0.29, 0.717) is 0 Å². The molecule has 2 radical (unpaired) electrons. The number of methoxy groups -OCH3 is 1. The molecule has 0 N–H and O–H groups in total. The molecule has 0 aliphatic heterocycles. The van der Waals surface area contributed by atoms with E-state index in [4.69, 9.17) is 4.74 Å². The fourth-order valence-corrected chi connectivity index (χ4v) is 0.522. The van der Waals surface area contributed by atoms with Crippen LogP contribution in [0.5, 0.6) is 0 Å². The van der Waals surface area contributed by atoms with Crippen LogP contribution in [0, 0.1) is 13.5 Å². The normalized spacial score (nSPS) is 9.75. The first-order valence-corrected chi connectivity index (χ1v) is 3.05. The van der Waals surface area contributed by atoms with E-state index in [2.05, 4.69) is 6.92 Å². The maximum absolute atomic E-state index is 4.74. The van der Waals surface area contributed by atoms with Crippen LogP contribution in [-0.4, -0.2) is 7.11 Å². The molecule has 0 fully saturated rings. The lowest BCUT2D eigenvalue weighted by molar-refractivity contribution is 0.262. The van der Waals surface area contributed by atoms with Crippen molar-refractivity contribution in [1.82, 2.24) is 0 Å². The quantitative estimate of drug-likeness (QED) is 0.498. The van der Waals surface area contributed by atoms with Gasteiger partial charge in [-0.25, -0.2) is 0 Å². The predicted molar refractivity (Wildman–Crippen MR) is 35.1 cm³/mol. The molecule has 0 amide bonds. The summed E-state index contributed by atoms with van der Waals surface area (Å²) in [6, 6.07) is 0. The third-order valence-corrected chi connectivity index (χ3v) is 0.989. The molecule has 0 aromatic carbocycles. The van der Waals surface area contributed by atoms with Gasteiger partial charge in [0.05, 0.1) is 6.61 Å². The summed E-state index contributed by atoms with van der Waals surface area (Å²) in [4.78, 5) is 0. The summed E-state index contributed by atoms with van der Waals surface area (Å²) in [5.74, 6) is 0. The van der Waals surface area contributed by atoms with Crippen molar-refractivity contribution in [3.8, 4) is 0 Å². The van der Waals surface area contributed by atoms with E-state index in [1.807, 2.05) is 6.61 Å². The molecule has 1 heteroatoms. The molecule has 0 heterocycles. The number of hydrogen-bond donors (Lipinski definition) is 0. The molecule has 0 saturated heterocycles. The predicted octanol–water partition coefficient (Wildman–Crippen LogP) is 2.19. The first kappa shape index (κ1) is 7.96. The zero-order valence-corrected chi connectivity index (χ0v) is 5.52. The van der Waals surface area contributed by atoms with Crippen LogP contribution < -0.4 is 0 Å². The molecule has 0 aliphatic rings. The minimum Gasteiger partial charge on any atom is -0.379 e. The van der Waals surface area contributed by atoms with E-state index in [-0.39, 0.29) is 0 Å². The Morgan fingerprint density at radius 2 is 2.25 bits per heavy atom. The highest BCUT2D eigenvalue weighted by Gasteiger charge is 1.84. The van der Waals surface area contributed by atoms with E-state index in [1.54, 1.807) is 7.11 Å². The highest BCUT2D eigenvalue weighted by atomic mass is 16.5. The number of unbranched alkanes of at least 4 members (excludes halogenated alkanes) is 3. The lowest BCUT2D eigenvalue weighted by atomic mass is 10.2. The fourth-order valence-electron chi connectivity index (χ4n) is 0.522. The number of ether oxygens (including phenoxy) is 1. The second-order valence-corrected chi connectivity index (χ2v) is 1.75. The molecule has 8 heavy (non-hydrogen) atoms.